The Hall–Kier alpha value is -2.54. The molecule has 0 saturated heterocycles. The number of aromatic nitrogens is 1. The van der Waals surface area contributed by atoms with Crippen LogP contribution in [0.2, 0.25) is 0 Å². The second kappa shape index (κ2) is 9.14. The molecule has 0 spiro atoms. The molecule has 3 aromatic rings. The van der Waals surface area contributed by atoms with Crippen LogP contribution in [0, 0.1) is 5.92 Å². The van der Waals surface area contributed by atoms with Crippen LogP contribution in [-0.4, -0.2) is 30.8 Å². The van der Waals surface area contributed by atoms with E-state index in [1.807, 2.05) is 48.7 Å². The van der Waals surface area contributed by atoms with Gasteiger partial charge in [0.25, 0.3) is 0 Å². The molecule has 1 aliphatic heterocycles. The molecule has 0 saturated carbocycles. The van der Waals surface area contributed by atoms with Gasteiger partial charge in [0.15, 0.2) is 0 Å². The molecule has 5 rings (SSSR count). The average molecular weight is 448 g/mol. The van der Waals surface area contributed by atoms with Crippen LogP contribution in [0.1, 0.15) is 34.4 Å². The van der Waals surface area contributed by atoms with Crippen molar-refractivity contribution in [2.24, 2.45) is 5.92 Å². The predicted octanol–water partition coefficient (Wildman–Crippen LogP) is 3.72. The van der Waals surface area contributed by atoms with Crippen LogP contribution in [0.15, 0.2) is 71.8 Å². The van der Waals surface area contributed by atoms with Crippen LogP contribution in [-0.2, 0) is 42.4 Å². The maximum Gasteiger partial charge on any atom is 0.243 e. The summed E-state index contributed by atoms with van der Waals surface area (Å²) in [5.41, 5.74) is 5.95. The molecular formula is C26H29N3O2S. The fourth-order valence-corrected chi connectivity index (χ4v) is 6.34. The molecular weight excluding hydrogens is 418 g/mol. The fraction of sp³-hybridized carbons (Fsp3) is 0.346. The maximum absolute atomic E-state index is 13.3. The number of rotatable bonds is 6. The van der Waals surface area contributed by atoms with Crippen molar-refractivity contribution in [1.82, 2.24) is 14.6 Å². The Morgan fingerprint density at radius 3 is 2.72 bits per heavy atom. The zero-order chi connectivity index (χ0) is 22.0. The molecule has 1 aliphatic carbocycles. The number of nitrogens with one attached hydrogen (secondary N) is 1. The lowest BCUT2D eigenvalue weighted by atomic mass is 9.87. The van der Waals surface area contributed by atoms with E-state index in [-0.39, 0.29) is 0 Å². The van der Waals surface area contributed by atoms with Crippen molar-refractivity contribution in [2.75, 3.05) is 13.1 Å². The number of nitrogens with zero attached hydrogens (tertiary/aromatic N) is 2. The van der Waals surface area contributed by atoms with Gasteiger partial charge in [-0.1, -0.05) is 42.5 Å². The number of fused-ring (bicyclic) bond motifs is 2. The summed E-state index contributed by atoms with van der Waals surface area (Å²) in [5, 5.41) is 3.54. The molecule has 1 atom stereocenters. The number of hydrogen-bond acceptors (Lipinski definition) is 4. The molecule has 166 valence electrons. The Balaban J connectivity index is 1.21. The van der Waals surface area contributed by atoms with Crippen molar-refractivity contribution >= 4 is 10.0 Å². The third kappa shape index (κ3) is 4.49. The van der Waals surface area contributed by atoms with Gasteiger partial charge >= 0.3 is 0 Å². The Bertz CT molecular complexity index is 1210. The van der Waals surface area contributed by atoms with Gasteiger partial charge in [0.2, 0.25) is 10.0 Å². The van der Waals surface area contributed by atoms with Crippen LogP contribution in [0.3, 0.4) is 0 Å². The van der Waals surface area contributed by atoms with E-state index in [0.717, 1.165) is 43.4 Å². The Morgan fingerprint density at radius 2 is 1.81 bits per heavy atom. The Kier molecular flexibility index (Phi) is 6.09. The van der Waals surface area contributed by atoms with E-state index in [9.17, 15) is 8.42 Å². The fourth-order valence-electron chi connectivity index (χ4n) is 4.85. The molecule has 0 fully saturated rings. The van der Waals surface area contributed by atoms with E-state index < -0.39 is 10.0 Å². The summed E-state index contributed by atoms with van der Waals surface area (Å²) in [5.74, 6) is 0.567. The second-order valence-corrected chi connectivity index (χ2v) is 10.8. The quantitative estimate of drug-likeness (QED) is 0.626. The van der Waals surface area contributed by atoms with Crippen molar-refractivity contribution in [1.29, 1.82) is 0 Å². The summed E-state index contributed by atoms with van der Waals surface area (Å²) < 4.78 is 28.2. The van der Waals surface area contributed by atoms with Gasteiger partial charge < -0.3 is 5.32 Å². The third-order valence-corrected chi connectivity index (χ3v) is 8.52. The zero-order valence-electron chi connectivity index (χ0n) is 18.2. The third-order valence-electron chi connectivity index (χ3n) is 6.68. The van der Waals surface area contributed by atoms with Crippen molar-refractivity contribution in [3.63, 3.8) is 0 Å². The molecule has 6 heteroatoms. The zero-order valence-corrected chi connectivity index (χ0v) is 19.0. The highest BCUT2D eigenvalue weighted by Crippen LogP contribution is 2.26. The molecule has 0 radical (unpaired) electrons. The highest BCUT2D eigenvalue weighted by molar-refractivity contribution is 7.89. The number of hydrogen-bond donors (Lipinski definition) is 1. The maximum atomic E-state index is 13.3. The lowest BCUT2D eigenvalue weighted by molar-refractivity contribution is 0.391. The largest absolute Gasteiger partial charge is 0.312 e. The van der Waals surface area contributed by atoms with Crippen LogP contribution < -0.4 is 5.32 Å². The van der Waals surface area contributed by atoms with Crippen molar-refractivity contribution in [3.8, 4) is 0 Å². The number of benzene rings is 2. The highest BCUT2D eigenvalue weighted by Gasteiger charge is 2.28. The molecule has 2 aromatic carbocycles. The molecule has 32 heavy (non-hydrogen) atoms. The van der Waals surface area contributed by atoms with E-state index in [1.165, 1.54) is 16.8 Å². The predicted molar refractivity (Wildman–Crippen MR) is 126 cm³/mol. The van der Waals surface area contributed by atoms with Crippen LogP contribution >= 0.6 is 0 Å². The van der Waals surface area contributed by atoms with Gasteiger partial charge in [-0.15, -0.1) is 0 Å². The van der Waals surface area contributed by atoms with E-state index >= 15 is 0 Å². The lowest BCUT2D eigenvalue weighted by Crippen LogP contribution is -2.36. The van der Waals surface area contributed by atoms with E-state index in [2.05, 4.69) is 22.4 Å². The minimum atomic E-state index is -3.51. The monoisotopic (exact) mass is 447 g/mol. The number of aryl methyl sites for hydroxylation is 1. The molecule has 5 nitrogen and oxygen atoms in total. The summed E-state index contributed by atoms with van der Waals surface area (Å²) >= 11 is 0. The van der Waals surface area contributed by atoms with Crippen molar-refractivity contribution in [3.05, 3.63) is 94.8 Å². The summed E-state index contributed by atoms with van der Waals surface area (Å²) in [6.45, 7) is 2.55. The van der Waals surface area contributed by atoms with E-state index in [1.54, 1.807) is 10.4 Å². The van der Waals surface area contributed by atoms with Crippen LogP contribution in [0.5, 0.6) is 0 Å². The van der Waals surface area contributed by atoms with Crippen molar-refractivity contribution in [2.45, 2.75) is 43.7 Å². The van der Waals surface area contributed by atoms with Crippen LogP contribution in [0.4, 0.5) is 0 Å². The van der Waals surface area contributed by atoms with Crippen LogP contribution in [0.25, 0.3) is 0 Å². The molecule has 1 unspecified atom stereocenters. The topological polar surface area (TPSA) is 62.3 Å². The number of sulfonamides is 1. The smallest absolute Gasteiger partial charge is 0.243 e. The van der Waals surface area contributed by atoms with E-state index in [0.29, 0.717) is 30.4 Å². The normalized spacial score (nSPS) is 18.7. The standard InChI is InChI=1S/C26H29N3O2S/c30-32(31,29-14-12-22-6-1-2-7-24(22)19-29)25-9-3-5-20(15-25)17-27-18-21-10-11-23-8-4-13-28-26(23)16-21/h1-9,13,15,21,27H,10-12,14,16-19H2. The first kappa shape index (κ1) is 21.3. The second-order valence-electron chi connectivity index (χ2n) is 8.85. The summed E-state index contributed by atoms with van der Waals surface area (Å²) in [4.78, 5) is 4.92. The highest BCUT2D eigenvalue weighted by atomic mass is 32.2. The molecule has 2 aliphatic rings. The molecule has 1 N–H and O–H groups in total. The molecule has 0 bridgehead atoms. The summed E-state index contributed by atoms with van der Waals surface area (Å²) in [6, 6.07) is 19.7. The first-order valence-corrected chi connectivity index (χ1v) is 12.8. The molecule has 2 heterocycles. The SMILES string of the molecule is O=S(=O)(c1cccc(CNCC2CCc3cccnc3C2)c1)N1CCc2ccccc2C1. The van der Waals surface area contributed by atoms with Gasteiger partial charge in [-0.25, -0.2) is 8.42 Å². The minimum Gasteiger partial charge on any atom is -0.312 e. The number of pyridine rings is 1. The first-order chi connectivity index (χ1) is 15.6. The average Bonchev–Trinajstić information content (AvgIpc) is 2.84. The van der Waals surface area contributed by atoms with Gasteiger partial charge in [-0.3, -0.25) is 4.98 Å². The van der Waals surface area contributed by atoms with Gasteiger partial charge in [0.1, 0.15) is 0 Å². The molecule has 0 amide bonds. The lowest BCUT2D eigenvalue weighted by Gasteiger charge is -2.28. The van der Waals surface area contributed by atoms with Gasteiger partial charge in [-0.2, -0.15) is 4.31 Å². The van der Waals surface area contributed by atoms with Gasteiger partial charge in [0.05, 0.1) is 4.90 Å². The molecule has 1 aromatic heterocycles. The Morgan fingerprint density at radius 1 is 0.969 bits per heavy atom. The minimum absolute atomic E-state index is 0.381. The Labute approximate surface area is 190 Å². The van der Waals surface area contributed by atoms with Crippen molar-refractivity contribution < 1.29 is 8.42 Å². The van der Waals surface area contributed by atoms with Gasteiger partial charge in [0, 0.05) is 31.5 Å². The van der Waals surface area contributed by atoms with E-state index in [4.69, 9.17) is 0 Å². The first-order valence-electron chi connectivity index (χ1n) is 11.4. The summed E-state index contributed by atoms with van der Waals surface area (Å²) in [7, 11) is -3.51. The van der Waals surface area contributed by atoms with Gasteiger partial charge in [-0.05, 0) is 78.6 Å². The summed E-state index contributed by atoms with van der Waals surface area (Å²) in [6.07, 6.45) is 5.89.